The van der Waals surface area contributed by atoms with E-state index >= 15 is 0 Å². The Morgan fingerprint density at radius 1 is 1.71 bits per heavy atom. The van der Waals surface area contributed by atoms with Crippen LogP contribution in [0.1, 0.15) is 12.8 Å². The Morgan fingerprint density at radius 2 is 2.43 bits per heavy atom. The van der Waals surface area contributed by atoms with Crippen molar-refractivity contribution in [3.8, 4) is 0 Å². The molecule has 0 bridgehead atoms. The van der Waals surface area contributed by atoms with Crippen molar-refractivity contribution in [2.75, 3.05) is 13.7 Å². The van der Waals surface area contributed by atoms with Crippen LogP contribution in [0.5, 0.6) is 0 Å². The van der Waals surface area contributed by atoms with Gasteiger partial charge in [0.1, 0.15) is 0 Å². The van der Waals surface area contributed by atoms with E-state index < -0.39 is 0 Å². The molecular formula is C6H12O. The van der Waals surface area contributed by atoms with Crippen LogP contribution >= 0.6 is 0 Å². The van der Waals surface area contributed by atoms with Crippen LogP contribution in [-0.4, -0.2) is 13.7 Å². The van der Waals surface area contributed by atoms with Crippen LogP contribution in [0.4, 0.5) is 0 Å². The Morgan fingerprint density at radius 3 is 2.86 bits per heavy atom. The van der Waals surface area contributed by atoms with Gasteiger partial charge in [-0.15, -0.1) is 6.58 Å². The Bertz CT molecular complexity index is 41.4. The molecule has 0 saturated heterocycles. The van der Waals surface area contributed by atoms with Gasteiger partial charge in [0.2, 0.25) is 0 Å². The quantitative estimate of drug-likeness (QED) is 0.385. The van der Waals surface area contributed by atoms with E-state index in [4.69, 9.17) is 4.74 Å². The highest BCUT2D eigenvalue weighted by Crippen LogP contribution is 1.86. The second-order valence-corrected chi connectivity index (χ2v) is 1.42. The largest absolute Gasteiger partial charge is 0.385 e. The third-order valence-corrected chi connectivity index (χ3v) is 0.757. The fourth-order valence-electron chi connectivity index (χ4n) is 0.372. The first-order valence-electron chi connectivity index (χ1n) is 2.51. The zero-order valence-electron chi connectivity index (χ0n) is 4.81. The maximum atomic E-state index is 4.80. The van der Waals surface area contributed by atoms with Gasteiger partial charge in [0.25, 0.3) is 0 Å². The monoisotopic (exact) mass is 100 g/mol. The number of hydrogen-bond acceptors (Lipinski definition) is 1. The Hall–Kier alpha value is -0.300. The highest BCUT2D eigenvalue weighted by Gasteiger charge is 1.76. The molecule has 0 aliphatic heterocycles. The highest BCUT2D eigenvalue weighted by atomic mass is 16.5. The molecule has 0 aliphatic carbocycles. The first kappa shape index (κ1) is 6.70. The molecule has 0 heterocycles. The smallest absolute Gasteiger partial charge is 0.0465 e. The van der Waals surface area contributed by atoms with Crippen LogP contribution in [0.3, 0.4) is 0 Å². The SMILES string of the molecule is C=CCCCOC. The van der Waals surface area contributed by atoms with Gasteiger partial charge in [-0.1, -0.05) is 6.08 Å². The van der Waals surface area contributed by atoms with E-state index in [9.17, 15) is 0 Å². The van der Waals surface area contributed by atoms with E-state index in [1.165, 1.54) is 0 Å². The van der Waals surface area contributed by atoms with Crippen molar-refractivity contribution < 1.29 is 4.74 Å². The number of rotatable bonds is 4. The molecule has 0 aromatic heterocycles. The topological polar surface area (TPSA) is 9.23 Å². The van der Waals surface area contributed by atoms with E-state index in [0.29, 0.717) is 0 Å². The minimum atomic E-state index is 0.853. The molecule has 1 heteroatoms. The van der Waals surface area contributed by atoms with Crippen molar-refractivity contribution in [1.29, 1.82) is 0 Å². The molecule has 0 rings (SSSR count). The Labute approximate surface area is 45.0 Å². The summed E-state index contributed by atoms with van der Waals surface area (Å²) in [7, 11) is 1.71. The molecule has 0 unspecified atom stereocenters. The van der Waals surface area contributed by atoms with Gasteiger partial charge in [-0.05, 0) is 12.8 Å². The molecule has 0 aromatic rings. The summed E-state index contributed by atoms with van der Waals surface area (Å²) in [5.74, 6) is 0. The van der Waals surface area contributed by atoms with Crippen LogP contribution in [-0.2, 0) is 4.74 Å². The van der Waals surface area contributed by atoms with Crippen molar-refractivity contribution in [2.45, 2.75) is 12.8 Å². The minimum absolute atomic E-state index is 0.853. The third-order valence-electron chi connectivity index (χ3n) is 0.757. The third kappa shape index (κ3) is 5.70. The first-order chi connectivity index (χ1) is 3.41. The van der Waals surface area contributed by atoms with E-state index in [1.54, 1.807) is 7.11 Å². The molecule has 0 aliphatic rings. The van der Waals surface area contributed by atoms with E-state index in [1.807, 2.05) is 6.08 Å². The van der Waals surface area contributed by atoms with Gasteiger partial charge in [-0.25, -0.2) is 0 Å². The summed E-state index contributed by atoms with van der Waals surface area (Å²) in [5.41, 5.74) is 0. The van der Waals surface area contributed by atoms with Gasteiger partial charge in [0.05, 0.1) is 0 Å². The fourth-order valence-corrected chi connectivity index (χ4v) is 0.372. The van der Waals surface area contributed by atoms with Crippen molar-refractivity contribution in [2.24, 2.45) is 0 Å². The molecule has 0 atom stereocenters. The molecule has 42 valence electrons. The zero-order chi connectivity index (χ0) is 5.54. The summed E-state index contributed by atoms with van der Waals surface area (Å²) < 4.78 is 4.80. The van der Waals surface area contributed by atoms with E-state index in [-0.39, 0.29) is 0 Å². The average Bonchev–Trinajstić information content (AvgIpc) is 1.69. The predicted octanol–water partition coefficient (Wildman–Crippen LogP) is 1.60. The van der Waals surface area contributed by atoms with Crippen molar-refractivity contribution in [3.63, 3.8) is 0 Å². The lowest BCUT2D eigenvalue weighted by molar-refractivity contribution is 0.196. The van der Waals surface area contributed by atoms with Crippen LogP contribution in [0.15, 0.2) is 12.7 Å². The number of unbranched alkanes of at least 4 members (excludes halogenated alkanes) is 1. The summed E-state index contributed by atoms with van der Waals surface area (Å²) in [4.78, 5) is 0. The molecule has 0 saturated carbocycles. The lowest BCUT2D eigenvalue weighted by Gasteiger charge is -1.90. The molecule has 7 heavy (non-hydrogen) atoms. The van der Waals surface area contributed by atoms with Crippen LogP contribution in [0.2, 0.25) is 0 Å². The minimum Gasteiger partial charge on any atom is -0.385 e. The maximum Gasteiger partial charge on any atom is 0.0465 e. The summed E-state index contributed by atoms with van der Waals surface area (Å²) in [5, 5.41) is 0. The van der Waals surface area contributed by atoms with Gasteiger partial charge in [-0.2, -0.15) is 0 Å². The molecular weight excluding hydrogens is 88.1 g/mol. The lowest BCUT2D eigenvalue weighted by atomic mass is 10.3. The number of allylic oxidation sites excluding steroid dienone is 1. The van der Waals surface area contributed by atoms with Gasteiger partial charge in [-0.3, -0.25) is 0 Å². The zero-order valence-corrected chi connectivity index (χ0v) is 4.81. The standard InChI is InChI=1S/C6H12O/c1-3-4-5-6-7-2/h3H,1,4-6H2,2H3. The maximum absolute atomic E-state index is 4.80. The van der Waals surface area contributed by atoms with Crippen molar-refractivity contribution in [1.82, 2.24) is 0 Å². The second kappa shape index (κ2) is 5.70. The highest BCUT2D eigenvalue weighted by molar-refractivity contribution is 4.64. The summed E-state index contributed by atoms with van der Waals surface area (Å²) in [6, 6.07) is 0. The van der Waals surface area contributed by atoms with Crippen LogP contribution in [0, 0.1) is 0 Å². The second-order valence-electron chi connectivity index (χ2n) is 1.42. The molecule has 0 amide bonds. The van der Waals surface area contributed by atoms with Gasteiger partial charge in [0, 0.05) is 13.7 Å². The fraction of sp³-hybridized carbons (Fsp3) is 0.667. The van der Waals surface area contributed by atoms with Crippen LogP contribution < -0.4 is 0 Å². The van der Waals surface area contributed by atoms with Gasteiger partial charge in [0.15, 0.2) is 0 Å². The summed E-state index contributed by atoms with van der Waals surface area (Å²) in [6.07, 6.45) is 4.06. The lowest BCUT2D eigenvalue weighted by Crippen LogP contribution is -1.84. The molecule has 1 nitrogen and oxygen atoms in total. The van der Waals surface area contributed by atoms with E-state index in [0.717, 1.165) is 19.4 Å². The Balaban J connectivity index is 2.56. The first-order valence-corrected chi connectivity index (χ1v) is 2.51. The Kier molecular flexibility index (Phi) is 5.46. The summed E-state index contributed by atoms with van der Waals surface area (Å²) in [6.45, 7) is 4.43. The van der Waals surface area contributed by atoms with E-state index in [2.05, 4.69) is 6.58 Å². The number of ether oxygens (including phenoxy) is 1. The van der Waals surface area contributed by atoms with Crippen molar-refractivity contribution in [3.05, 3.63) is 12.7 Å². The van der Waals surface area contributed by atoms with Crippen molar-refractivity contribution >= 4 is 0 Å². The predicted molar refractivity (Wildman–Crippen MR) is 31.3 cm³/mol. The summed E-state index contributed by atoms with van der Waals surface area (Å²) >= 11 is 0. The normalized spacial score (nSPS) is 8.71. The van der Waals surface area contributed by atoms with Gasteiger partial charge < -0.3 is 4.74 Å². The molecule has 0 aromatic carbocycles. The molecule has 0 N–H and O–H groups in total. The average molecular weight is 100 g/mol. The number of hydrogen-bond donors (Lipinski definition) is 0. The molecule has 0 fully saturated rings. The van der Waals surface area contributed by atoms with Gasteiger partial charge >= 0.3 is 0 Å². The van der Waals surface area contributed by atoms with Crippen LogP contribution in [0.25, 0.3) is 0 Å². The number of methoxy groups -OCH3 is 1. The molecule has 0 radical (unpaired) electrons. The molecule has 0 spiro atoms.